The van der Waals surface area contributed by atoms with E-state index >= 15 is 0 Å². The normalized spacial score (nSPS) is 39.0. The van der Waals surface area contributed by atoms with Crippen LogP contribution in [0.2, 0.25) is 0 Å². The average Bonchev–Trinajstić information content (AvgIpc) is 2.56. The molecule has 0 aromatic heterocycles. The topological polar surface area (TPSA) is 46.5 Å². The van der Waals surface area contributed by atoms with Gasteiger partial charge in [0.15, 0.2) is 0 Å². The summed E-state index contributed by atoms with van der Waals surface area (Å²) >= 11 is 0. The molecule has 3 atom stereocenters. The highest BCUT2D eigenvalue weighted by molar-refractivity contribution is 5.71. The van der Waals surface area contributed by atoms with Gasteiger partial charge in [0.1, 0.15) is 0 Å². The zero-order chi connectivity index (χ0) is 17.6. The SMILES string of the molecule is CCC(C)C(=O)OCC12CC3CC(C1)CC(C(O)(CC)CC)(C3)C2. The maximum Gasteiger partial charge on any atom is 0.308 e. The van der Waals surface area contributed by atoms with Crippen molar-refractivity contribution in [2.75, 3.05) is 6.61 Å². The summed E-state index contributed by atoms with van der Waals surface area (Å²) in [6.07, 6.45) is 9.66. The number of hydrogen-bond acceptors (Lipinski definition) is 3. The molecule has 0 radical (unpaired) electrons. The van der Waals surface area contributed by atoms with Crippen LogP contribution in [0.3, 0.4) is 0 Å². The molecule has 4 aliphatic rings. The molecule has 0 heterocycles. The number of ether oxygens (including phenoxy) is 1. The van der Waals surface area contributed by atoms with Gasteiger partial charge in [-0.05, 0) is 69.6 Å². The number of hydrogen-bond donors (Lipinski definition) is 1. The molecule has 4 rings (SSSR count). The van der Waals surface area contributed by atoms with E-state index in [1.807, 2.05) is 13.8 Å². The second kappa shape index (κ2) is 6.30. The second-order valence-electron chi connectivity index (χ2n) is 9.40. The minimum atomic E-state index is -0.545. The van der Waals surface area contributed by atoms with Gasteiger partial charge in [-0.1, -0.05) is 27.7 Å². The van der Waals surface area contributed by atoms with Crippen LogP contribution >= 0.6 is 0 Å². The van der Waals surface area contributed by atoms with E-state index in [2.05, 4.69) is 13.8 Å². The summed E-state index contributed by atoms with van der Waals surface area (Å²) in [6.45, 7) is 8.84. The third kappa shape index (κ3) is 2.81. The summed E-state index contributed by atoms with van der Waals surface area (Å²) < 4.78 is 5.78. The maximum atomic E-state index is 12.2. The van der Waals surface area contributed by atoms with Crippen LogP contribution in [0.15, 0.2) is 0 Å². The highest BCUT2D eigenvalue weighted by Gasteiger charge is 2.63. The molecule has 0 aromatic carbocycles. The van der Waals surface area contributed by atoms with Crippen LogP contribution in [-0.2, 0) is 9.53 Å². The Bertz CT molecular complexity index is 465. The Morgan fingerprint density at radius 1 is 1.17 bits per heavy atom. The maximum absolute atomic E-state index is 12.2. The van der Waals surface area contributed by atoms with Gasteiger partial charge in [0.05, 0.1) is 18.1 Å². The smallest absolute Gasteiger partial charge is 0.308 e. The molecule has 3 nitrogen and oxygen atoms in total. The Morgan fingerprint density at radius 3 is 2.25 bits per heavy atom. The van der Waals surface area contributed by atoms with Crippen LogP contribution in [0, 0.1) is 28.6 Å². The summed E-state index contributed by atoms with van der Waals surface area (Å²) in [6, 6.07) is 0. The first-order chi connectivity index (χ1) is 11.3. The van der Waals surface area contributed by atoms with Crippen molar-refractivity contribution in [1.82, 2.24) is 0 Å². The first kappa shape index (κ1) is 18.2. The zero-order valence-corrected chi connectivity index (χ0v) is 16.1. The monoisotopic (exact) mass is 336 g/mol. The summed E-state index contributed by atoms with van der Waals surface area (Å²) in [7, 11) is 0. The molecule has 4 fully saturated rings. The molecule has 4 saturated carbocycles. The van der Waals surface area contributed by atoms with Gasteiger partial charge in [0.2, 0.25) is 0 Å². The highest BCUT2D eigenvalue weighted by Crippen LogP contribution is 2.69. The zero-order valence-electron chi connectivity index (χ0n) is 16.1. The van der Waals surface area contributed by atoms with Crippen molar-refractivity contribution in [3.05, 3.63) is 0 Å². The van der Waals surface area contributed by atoms with E-state index in [0.717, 1.165) is 37.5 Å². The minimum Gasteiger partial charge on any atom is -0.465 e. The molecule has 1 N–H and O–H groups in total. The lowest BCUT2D eigenvalue weighted by atomic mass is 9.40. The number of aliphatic hydroxyl groups is 1. The predicted molar refractivity (Wildman–Crippen MR) is 95.5 cm³/mol. The summed E-state index contributed by atoms with van der Waals surface area (Å²) in [5.41, 5.74) is -0.356. The van der Waals surface area contributed by atoms with Crippen LogP contribution in [0.5, 0.6) is 0 Å². The van der Waals surface area contributed by atoms with Gasteiger partial charge in [-0.25, -0.2) is 0 Å². The Labute approximate surface area is 147 Å². The van der Waals surface area contributed by atoms with E-state index in [1.165, 1.54) is 32.1 Å². The Balaban J connectivity index is 1.79. The summed E-state index contributed by atoms with van der Waals surface area (Å²) in [5, 5.41) is 11.4. The van der Waals surface area contributed by atoms with Gasteiger partial charge in [0.25, 0.3) is 0 Å². The molecule has 3 unspecified atom stereocenters. The lowest BCUT2D eigenvalue weighted by molar-refractivity contribution is -0.219. The average molecular weight is 337 g/mol. The van der Waals surface area contributed by atoms with E-state index in [9.17, 15) is 9.90 Å². The number of rotatable bonds is 7. The number of carbonyl (C=O) groups excluding carboxylic acids is 1. The molecule has 0 aliphatic heterocycles. The van der Waals surface area contributed by atoms with Gasteiger partial charge in [0, 0.05) is 10.8 Å². The standard InChI is InChI=1S/C21H36O3/c1-5-15(4)18(22)24-14-19-9-16-8-17(10-19)12-20(11-16,13-19)21(23,6-2)7-3/h15-17,23H,5-14H2,1-4H3. The summed E-state index contributed by atoms with van der Waals surface area (Å²) in [4.78, 5) is 12.2. The van der Waals surface area contributed by atoms with Gasteiger partial charge >= 0.3 is 5.97 Å². The van der Waals surface area contributed by atoms with Crippen molar-refractivity contribution in [3.63, 3.8) is 0 Å². The van der Waals surface area contributed by atoms with Crippen molar-refractivity contribution in [2.45, 2.75) is 91.1 Å². The lowest BCUT2D eigenvalue weighted by Gasteiger charge is -2.66. The Morgan fingerprint density at radius 2 is 1.75 bits per heavy atom. The van der Waals surface area contributed by atoms with Gasteiger partial charge < -0.3 is 9.84 Å². The van der Waals surface area contributed by atoms with E-state index in [0.29, 0.717) is 6.61 Å². The van der Waals surface area contributed by atoms with E-state index < -0.39 is 5.60 Å². The fraction of sp³-hybridized carbons (Fsp3) is 0.952. The Hall–Kier alpha value is -0.570. The first-order valence-corrected chi connectivity index (χ1v) is 10.2. The second-order valence-corrected chi connectivity index (χ2v) is 9.40. The van der Waals surface area contributed by atoms with Crippen LogP contribution in [0.1, 0.15) is 85.5 Å². The number of carbonyl (C=O) groups is 1. The molecule has 0 amide bonds. The molecule has 24 heavy (non-hydrogen) atoms. The third-order valence-corrected chi connectivity index (χ3v) is 7.87. The quantitative estimate of drug-likeness (QED) is 0.685. The Kier molecular flexibility index (Phi) is 4.79. The van der Waals surface area contributed by atoms with Crippen molar-refractivity contribution in [3.8, 4) is 0 Å². The molecular formula is C21H36O3. The van der Waals surface area contributed by atoms with Crippen molar-refractivity contribution in [1.29, 1.82) is 0 Å². The van der Waals surface area contributed by atoms with E-state index in [4.69, 9.17) is 4.74 Å². The molecule has 4 aliphatic carbocycles. The molecule has 4 bridgehead atoms. The van der Waals surface area contributed by atoms with Crippen LogP contribution in [0.4, 0.5) is 0 Å². The summed E-state index contributed by atoms with van der Waals surface area (Å²) in [5.74, 6) is 1.40. The molecular weight excluding hydrogens is 300 g/mol. The van der Waals surface area contributed by atoms with Crippen molar-refractivity contribution in [2.24, 2.45) is 28.6 Å². The lowest BCUT2D eigenvalue weighted by Crippen LogP contribution is -2.62. The fourth-order valence-corrected chi connectivity index (χ4v) is 6.70. The van der Waals surface area contributed by atoms with Gasteiger partial charge in [-0.15, -0.1) is 0 Å². The van der Waals surface area contributed by atoms with Gasteiger partial charge in [-0.2, -0.15) is 0 Å². The highest BCUT2D eigenvalue weighted by atomic mass is 16.5. The minimum absolute atomic E-state index is 0.00362. The largest absolute Gasteiger partial charge is 0.465 e. The number of esters is 1. The first-order valence-electron chi connectivity index (χ1n) is 10.2. The van der Waals surface area contributed by atoms with E-state index in [-0.39, 0.29) is 22.7 Å². The molecule has 0 spiro atoms. The van der Waals surface area contributed by atoms with Crippen molar-refractivity contribution < 1.29 is 14.6 Å². The van der Waals surface area contributed by atoms with Gasteiger partial charge in [-0.3, -0.25) is 4.79 Å². The van der Waals surface area contributed by atoms with Crippen molar-refractivity contribution >= 4 is 5.97 Å². The fourth-order valence-electron chi connectivity index (χ4n) is 6.70. The molecule has 0 saturated heterocycles. The van der Waals surface area contributed by atoms with E-state index in [1.54, 1.807) is 0 Å². The van der Waals surface area contributed by atoms with Crippen LogP contribution < -0.4 is 0 Å². The van der Waals surface area contributed by atoms with Crippen LogP contribution in [-0.4, -0.2) is 23.3 Å². The van der Waals surface area contributed by atoms with Crippen LogP contribution in [0.25, 0.3) is 0 Å². The predicted octanol–water partition coefficient (Wildman–Crippen LogP) is 4.71. The molecule has 3 heteroatoms. The third-order valence-electron chi connectivity index (χ3n) is 7.87. The molecule has 0 aromatic rings. The molecule has 138 valence electrons.